The van der Waals surface area contributed by atoms with Crippen LogP contribution in [0.5, 0.6) is 0 Å². The lowest BCUT2D eigenvalue weighted by Crippen LogP contribution is -2.15. The van der Waals surface area contributed by atoms with Crippen LogP contribution in [-0.4, -0.2) is 38.6 Å². The Labute approximate surface area is 100 Å². The van der Waals surface area contributed by atoms with Crippen LogP contribution < -0.4 is 10.6 Å². The number of nitrogens with one attached hydrogen (secondary N) is 4. The molecule has 0 aromatic heterocycles. The Bertz CT molecular complexity index is 121. The Morgan fingerprint density at radius 2 is 1.12 bits per heavy atom. The quantitative estimate of drug-likeness (QED) is 0.341. The molecular formula is C12H28N4. The molecule has 4 N–H and O–H groups in total. The highest BCUT2D eigenvalue weighted by Crippen LogP contribution is 1.71. The molecule has 16 heavy (non-hydrogen) atoms. The van der Waals surface area contributed by atoms with Crippen molar-refractivity contribution in [2.24, 2.45) is 0 Å². The van der Waals surface area contributed by atoms with Crippen molar-refractivity contribution in [1.82, 2.24) is 10.6 Å². The van der Waals surface area contributed by atoms with Gasteiger partial charge in [-0.2, -0.15) is 0 Å². The minimum Gasteiger partial charge on any atom is -0.316 e. The third-order valence-electron chi connectivity index (χ3n) is 1.78. The fraction of sp³-hybridized carbons (Fsp3) is 0.833. The van der Waals surface area contributed by atoms with E-state index in [2.05, 4.69) is 24.5 Å². The van der Waals surface area contributed by atoms with Gasteiger partial charge in [0.2, 0.25) is 0 Å². The Kier molecular flexibility index (Phi) is 21.8. The highest BCUT2D eigenvalue weighted by molar-refractivity contribution is 5.53. The molecule has 0 unspecified atom stereocenters. The second-order valence-corrected chi connectivity index (χ2v) is 3.49. The van der Waals surface area contributed by atoms with Gasteiger partial charge in [0.1, 0.15) is 0 Å². The lowest BCUT2D eigenvalue weighted by molar-refractivity contribution is 0.688. The molecule has 0 amide bonds. The largest absolute Gasteiger partial charge is 0.316 e. The van der Waals surface area contributed by atoms with Crippen molar-refractivity contribution in [2.45, 2.75) is 39.5 Å². The Balaban J connectivity index is 0. The van der Waals surface area contributed by atoms with Crippen LogP contribution in [0.3, 0.4) is 0 Å². The van der Waals surface area contributed by atoms with E-state index in [4.69, 9.17) is 10.8 Å². The summed E-state index contributed by atoms with van der Waals surface area (Å²) < 4.78 is 0. The normalized spacial score (nSPS) is 9.12. The van der Waals surface area contributed by atoms with E-state index in [0.717, 1.165) is 39.0 Å². The summed E-state index contributed by atoms with van der Waals surface area (Å²) in [6.45, 7) is 8.34. The summed E-state index contributed by atoms with van der Waals surface area (Å²) in [5.74, 6) is 0. The van der Waals surface area contributed by atoms with Crippen molar-refractivity contribution in [3.8, 4) is 0 Å². The monoisotopic (exact) mass is 228 g/mol. The zero-order valence-corrected chi connectivity index (χ0v) is 10.8. The third-order valence-corrected chi connectivity index (χ3v) is 1.78. The van der Waals surface area contributed by atoms with Crippen LogP contribution in [0.25, 0.3) is 0 Å². The van der Waals surface area contributed by atoms with Crippen molar-refractivity contribution in [3.05, 3.63) is 0 Å². The van der Waals surface area contributed by atoms with Crippen molar-refractivity contribution in [1.29, 1.82) is 10.8 Å². The van der Waals surface area contributed by atoms with Gasteiger partial charge in [0.15, 0.2) is 0 Å². The maximum Gasteiger partial charge on any atom is 0.0000487 e. The summed E-state index contributed by atoms with van der Waals surface area (Å²) in [6, 6.07) is 0. The van der Waals surface area contributed by atoms with Gasteiger partial charge in [-0.15, -0.1) is 0 Å². The molecule has 0 radical (unpaired) electrons. The maximum atomic E-state index is 6.67. The van der Waals surface area contributed by atoms with Crippen molar-refractivity contribution >= 4 is 12.4 Å². The minimum atomic E-state index is 0.861. The predicted molar refractivity (Wildman–Crippen MR) is 73.1 cm³/mol. The van der Waals surface area contributed by atoms with Gasteiger partial charge in [0.05, 0.1) is 0 Å². The van der Waals surface area contributed by atoms with Crippen molar-refractivity contribution < 1.29 is 0 Å². The van der Waals surface area contributed by atoms with Gasteiger partial charge in [-0.05, 0) is 51.2 Å². The molecule has 0 fully saturated rings. The van der Waals surface area contributed by atoms with Crippen LogP contribution in [-0.2, 0) is 0 Å². The molecule has 0 aliphatic rings. The zero-order chi connectivity index (χ0) is 12.5. The topological polar surface area (TPSA) is 71.8 Å². The Hall–Kier alpha value is -0.740. The van der Waals surface area contributed by atoms with Crippen LogP contribution in [0, 0.1) is 10.8 Å². The molecule has 96 valence electrons. The first-order chi connectivity index (χ1) is 7.83. The lowest BCUT2D eigenvalue weighted by atomic mass is 10.4. The van der Waals surface area contributed by atoms with Crippen LogP contribution in [0.1, 0.15) is 39.5 Å². The second-order valence-electron chi connectivity index (χ2n) is 3.49. The standard InChI is InChI=1S/2C6H14N2/c2*1-2-5-8-6-3-4-7/h2*4,7-8H,2-3,5-6H2,1H3. The van der Waals surface area contributed by atoms with Crippen LogP contribution in [0.15, 0.2) is 0 Å². The highest BCUT2D eigenvalue weighted by atomic mass is 14.8. The summed E-state index contributed by atoms with van der Waals surface area (Å²) in [5.41, 5.74) is 0. The summed E-state index contributed by atoms with van der Waals surface area (Å²) in [4.78, 5) is 0. The first-order valence-corrected chi connectivity index (χ1v) is 6.22. The summed E-state index contributed by atoms with van der Waals surface area (Å²) in [6.07, 6.45) is 6.95. The van der Waals surface area contributed by atoms with Gasteiger partial charge in [0, 0.05) is 13.1 Å². The molecular weight excluding hydrogens is 200 g/mol. The number of hydrogen-bond acceptors (Lipinski definition) is 4. The molecule has 0 rings (SSSR count). The van der Waals surface area contributed by atoms with Crippen LogP contribution in [0.2, 0.25) is 0 Å². The van der Waals surface area contributed by atoms with Gasteiger partial charge in [-0.3, -0.25) is 0 Å². The molecule has 0 aliphatic heterocycles. The summed E-state index contributed by atoms with van der Waals surface area (Å²) >= 11 is 0. The van der Waals surface area contributed by atoms with Crippen molar-refractivity contribution in [2.75, 3.05) is 26.2 Å². The van der Waals surface area contributed by atoms with Crippen LogP contribution >= 0.6 is 0 Å². The van der Waals surface area contributed by atoms with E-state index in [1.165, 1.54) is 25.3 Å². The lowest BCUT2D eigenvalue weighted by Gasteiger charge is -1.96. The molecule has 0 aromatic rings. The SMILES string of the molecule is CCCNCCC=N.CCCNCCC=N. The van der Waals surface area contributed by atoms with Crippen molar-refractivity contribution in [3.63, 3.8) is 0 Å². The fourth-order valence-corrected chi connectivity index (χ4v) is 0.952. The highest BCUT2D eigenvalue weighted by Gasteiger charge is 1.79. The first-order valence-electron chi connectivity index (χ1n) is 6.22. The average Bonchev–Trinajstić information content (AvgIpc) is 2.31. The summed E-state index contributed by atoms with van der Waals surface area (Å²) in [5, 5.41) is 19.7. The average molecular weight is 228 g/mol. The molecule has 0 heterocycles. The minimum absolute atomic E-state index is 0.861. The zero-order valence-electron chi connectivity index (χ0n) is 10.8. The maximum absolute atomic E-state index is 6.67. The number of rotatable bonds is 10. The molecule has 0 saturated heterocycles. The third kappa shape index (κ3) is 23.2. The molecule has 4 heteroatoms. The van der Waals surface area contributed by atoms with E-state index < -0.39 is 0 Å². The van der Waals surface area contributed by atoms with Gasteiger partial charge >= 0.3 is 0 Å². The van der Waals surface area contributed by atoms with E-state index in [1.807, 2.05) is 0 Å². The van der Waals surface area contributed by atoms with Gasteiger partial charge < -0.3 is 21.5 Å². The fourth-order valence-electron chi connectivity index (χ4n) is 0.952. The van der Waals surface area contributed by atoms with Crippen LogP contribution in [0.4, 0.5) is 0 Å². The smallest absolute Gasteiger partial charge is 0.0000487 e. The number of hydrogen-bond donors (Lipinski definition) is 4. The first kappa shape index (κ1) is 17.6. The van der Waals surface area contributed by atoms with Gasteiger partial charge in [-0.1, -0.05) is 13.8 Å². The van der Waals surface area contributed by atoms with E-state index in [1.54, 1.807) is 0 Å². The predicted octanol–water partition coefficient (Wildman–Crippen LogP) is 2.05. The molecule has 4 nitrogen and oxygen atoms in total. The van der Waals surface area contributed by atoms with E-state index >= 15 is 0 Å². The second kappa shape index (κ2) is 19.8. The molecule has 0 atom stereocenters. The Morgan fingerprint density at radius 3 is 1.38 bits per heavy atom. The molecule has 0 saturated carbocycles. The van der Waals surface area contributed by atoms with E-state index in [9.17, 15) is 0 Å². The Morgan fingerprint density at radius 1 is 0.750 bits per heavy atom. The summed E-state index contributed by atoms with van der Waals surface area (Å²) in [7, 11) is 0. The van der Waals surface area contributed by atoms with Gasteiger partial charge in [0.25, 0.3) is 0 Å². The molecule has 0 bridgehead atoms. The molecule has 0 spiro atoms. The van der Waals surface area contributed by atoms with E-state index in [0.29, 0.717) is 0 Å². The molecule has 0 aromatic carbocycles. The van der Waals surface area contributed by atoms with Gasteiger partial charge in [-0.25, -0.2) is 0 Å². The van der Waals surface area contributed by atoms with E-state index in [-0.39, 0.29) is 0 Å². The molecule has 0 aliphatic carbocycles.